The first-order valence-corrected chi connectivity index (χ1v) is 10.4. The van der Waals surface area contributed by atoms with Crippen LogP contribution in [0.1, 0.15) is 53.0 Å². The molecule has 28 heavy (non-hydrogen) atoms. The van der Waals surface area contributed by atoms with E-state index in [1.54, 1.807) is 12.6 Å². The molecule has 2 aromatic rings. The quantitative estimate of drug-likeness (QED) is 0.856. The van der Waals surface area contributed by atoms with Crippen LogP contribution in [-0.2, 0) is 11.3 Å². The predicted molar refractivity (Wildman–Crippen MR) is 112 cm³/mol. The average molecular weight is 379 g/mol. The molecule has 1 amide bonds. The van der Waals surface area contributed by atoms with E-state index in [0.717, 1.165) is 12.1 Å². The van der Waals surface area contributed by atoms with Crippen LogP contribution in [0, 0.1) is 12.8 Å². The standard InChI is InChI=1S/C24H30N2O2/c1-4-26-12-11-20-22(14-26)19-10-5-16(2)13-21(19)23(20)18-8-6-17(7-9-18)15-28-24(27)25-3/h5-10,13,20,22-23H,4,11-12,14-15H2,1-3H3,(H,25,27)/t20-,22-,23+/m1/s1. The van der Waals surface area contributed by atoms with Crippen molar-refractivity contribution in [1.82, 2.24) is 10.2 Å². The van der Waals surface area contributed by atoms with Gasteiger partial charge in [0.2, 0.25) is 0 Å². The smallest absolute Gasteiger partial charge is 0.407 e. The highest BCUT2D eigenvalue weighted by Gasteiger charge is 2.43. The molecule has 1 saturated heterocycles. The van der Waals surface area contributed by atoms with E-state index in [2.05, 4.69) is 66.5 Å². The second-order valence-electron chi connectivity index (χ2n) is 8.13. The number of rotatable bonds is 4. The molecule has 0 saturated carbocycles. The lowest BCUT2D eigenvalue weighted by molar-refractivity contribution is 0.142. The van der Waals surface area contributed by atoms with Crippen molar-refractivity contribution in [3.8, 4) is 0 Å². The number of carbonyl (C=O) groups is 1. The van der Waals surface area contributed by atoms with Gasteiger partial charge in [-0.05, 0) is 54.6 Å². The minimum Gasteiger partial charge on any atom is -0.445 e. The molecule has 0 aromatic heterocycles. The Balaban J connectivity index is 1.62. The molecule has 1 fully saturated rings. The SMILES string of the molecule is CCN1CC[C@H]2[C@H](c3ccc(COC(=O)NC)cc3)c3cc(C)ccc3[C@H]2C1. The van der Waals surface area contributed by atoms with Crippen molar-refractivity contribution >= 4 is 6.09 Å². The largest absolute Gasteiger partial charge is 0.445 e. The number of likely N-dealkylation sites (N-methyl/N-ethyl adjacent to an activating group) is 1. The molecule has 0 radical (unpaired) electrons. The summed E-state index contributed by atoms with van der Waals surface area (Å²) < 4.78 is 5.17. The van der Waals surface area contributed by atoms with Crippen molar-refractivity contribution in [2.45, 2.75) is 38.7 Å². The Morgan fingerprint density at radius 3 is 2.68 bits per heavy atom. The summed E-state index contributed by atoms with van der Waals surface area (Å²) in [5.74, 6) is 1.77. The molecule has 148 valence electrons. The van der Waals surface area contributed by atoms with Crippen molar-refractivity contribution in [3.63, 3.8) is 0 Å². The molecule has 0 spiro atoms. The van der Waals surface area contributed by atoms with Gasteiger partial charge in [-0.1, -0.05) is 55.0 Å². The maximum absolute atomic E-state index is 11.3. The van der Waals surface area contributed by atoms with E-state index in [-0.39, 0.29) is 0 Å². The molecular weight excluding hydrogens is 348 g/mol. The highest BCUT2D eigenvalue weighted by Crippen LogP contribution is 2.53. The molecule has 2 aromatic carbocycles. The molecular formula is C24H30N2O2. The van der Waals surface area contributed by atoms with E-state index in [1.807, 2.05) is 0 Å². The molecule has 4 rings (SSSR count). The van der Waals surface area contributed by atoms with Crippen LogP contribution in [-0.4, -0.2) is 37.7 Å². The van der Waals surface area contributed by atoms with Gasteiger partial charge in [0.25, 0.3) is 0 Å². The van der Waals surface area contributed by atoms with Gasteiger partial charge >= 0.3 is 6.09 Å². The fraction of sp³-hybridized carbons (Fsp3) is 0.458. The normalized spacial score (nSPS) is 23.8. The number of piperidine rings is 1. The monoisotopic (exact) mass is 378 g/mol. The molecule has 1 N–H and O–H groups in total. The topological polar surface area (TPSA) is 41.6 Å². The van der Waals surface area contributed by atoms with Crippen LogP contribution in [0.4, 0.5) is 4.79 Å². The van der Waals surface area contributed by atoms with Crippen molar-refractivity contribution < 1.29 is 9.53 Å². The summed E-state index contributed by atoms with van der Waals surface area (Å²) in [4.78, 5) is 13.9. The molecule has 4 heteroatoms. The molecule has 1 heterocycles. The third kappa shape index (κ3) is 3.53. The Labute approximate surface area is 167 Å². The molecule has 4 nitrogen and oxygen atoms in total. The number of ether oxygens (including phenoxy) is 1. The number of fused-ring (bicyclic) bond motifs is 3. The first kappa shape index (κ1) is 19.0. The highest BCUT2D eigenvalue weighted by atomic mass is 16.5. The summed E-state index contributed by atoms with van der Waals surface area (Å²) in [5.41, 5.74) is 6.80. The van der Waals surface area contributed by atoms with Gasteiger partial charge < -0.3 is 15.0 Å². The summed E-state index contributed by atoms with van der Waals surface area (Å²) in [6, 6.07) is 15.7. The zero-order valence-electron chi connectivity index (χ0n) is 17.1. The average Bonchev–Trinajstić information content (AvgIpc) is 3.04. The van der Waals surface area contributed by atoms with Gasteiger partial charge in [-0.3, -0.25) is 0 Å². The Kier molecular flexibility index (Phi) is 5.40. The lowest BCUT2D eigenvalue weighted by Crippen LogP contribution is -2.38. The number of hydrogen-bond acceptors (Lipinski definition) is 3. The number of carbonyl (C=O) groups excluding carboxylic acids is 1. The van der Waals surface area contributed by atoms with Crippen molar-refractivity contribution in [1.29, 1.82) is 0 Å². The van der Waals surface area contributed by atoms with Gasteiger partial charge in [0.05, 0.1) is 0 Å². The lowest BCUT2D eigenvalue weighted by atomic mass is 9.78. The summed E-state index contributed by atoms with van der Waals surface area (Å²) in [6.45, 7) is 8.26. The maximum atomic E-state index is 11.3. The van der Waals surface area contributed by atoms with E-state index >= 15 is 0 Å². The molecule has 1 aliphatic heterocycles. The zero-order valence-corrected chi connectivity index (χ0v) is 17.1. The Hall–Kier alpha value is -2.33. The van der Waals surface area contributed by atoms with E-state index in [1.165, 1.54) is 36.2 Å². The first-order valence-electron chi connectivity index (χ1n) is 10.4. The van der Waals surface area contributed by atoms with E-state index in [9.17, 15) is 4.79 Å². The molecule has 0 bridgehead atoms. The third-order valence-corrected chi connectivity index (χ3v) is 6.52. The fourth-order valence-corrected chi connectivity index (χ4v) is 5.05. The molecule has 1 aliphatic carbocycles. The van der Waals surface area contributed by atoms with Crippen LogP contribution in [0.5, 0.6) is 0 Å². The Morgan fingerprint density at radius 2 is 1.96 bits per heavy atom. The second-order valence-corrected chi connectivity index (χ2v) is 8.13. The Morgan fingerprint density at radius 1 is 1.18 bits per heavy atom. The number of amides is 1. The van der Waals surface area contributed by atoms with Crippen LogP contribution in [0.15, 0.2) is 42.5 Å². The van der Waals surface area contributed by atoms with Gasteiger partial charge in [-0.25, -0.2) is 4.79 Å². The minimum atomic E-state index is -0.394. The van der Waals surface area contributed by atoms with Crippen LogP contribution in [0.3, 0.4) is 0 Å². The van der Waals surface area contributed by atoms with Gasteiger partial charge in [0.1, 0.15) is 6.61 Å². The van der Waals surface area contributed by atoms with Gasteiger partial charge in [0.15, 0.2) is 0 Å². The van der Waals surface area contributed by atoms with Crippen LogP contribution in [0.25, 0.3) is 0 Å². The summed E-state index contributed by atoms with van der Waals surface area (Å²) in [7, 11) is 1.57. The van der Waals surface area contributed by atoms with Gasteiger partial charge in [0, 0.05) is 25.4 Å². The molecule has 3 atom stereocenters. The van der Waals surface area contributed by atoms with E-state index in [0.29, 0.717) is 24.4 Å². The van der Waals surface area contributed by atoms with Crippen LogP contribution >= 0.6 is 0 Å². The van der Waals surface area contributed by atoms with Gasteiger partial charge in [-0.15, -0.1) is 0 Å². The molecule has 0 unspecified atom stereocenters. The number of benzene rings is 2. The number of nitrogens with zero attached hydrogens (tertiary/aromatic N) is 1. The van der Waals surface area contributed by atoms with E-state index < -0.39 is 6.09 Å². The number of nitrogens with one attached hydrogen (secondary N) is 1. The van der Waals surface area contributed by atoms with Crippen LogP contribution < -0.4 is 5.32 Å². The third-order valence-electron chi connectivity index (χ3n) is 6.52. The maximum Gasteiger partial charge on any atom is 0.407 e. The predicted octanol–water partition coefficient (Wildman–Crippen LogP) is 4.42. The summed E-state index contributed by atoms with van der Waals surface area (Å²) in [6.07, 6.45) is 0.855. The van der Waals surface area contributed by atoms with Crippen LogP contribution in [0.2, 0.25) is 0 Å². The number of alkyl carbamates (subject to hydrolysis) is 1. The van der Waals surface area contributed by atoms with Gasteiger partial charge in [-0.2, -0.15) is 0 Å². The van der Waals surface area contributed by atoms with Crippen molar-refractivity contribution in [2.24, 2.45) is 5.92 Å². The number of aryl methyl sites for hydroxylation is 1. The van der Waals surface area contributed by atoms with Crippen molar-refractivity contribution in [2.75, 3.05) is 26.7 Å². The summed E-state index contributed by atoms with van der Waals surface area (Å²) in [5, 5.41) is 2.48. The first-order chi connectivity index (χ1) is 13.6. The minimum absolute atomic E-state index is 0.303. The molecule has 2 aliphatic rings. The Bertz CT molecular complexity index is 846. The second kappa shape index (κ2) is 7.96. The summed E-state index contributed by atoms with van der Waals surface area (Å²) >= 11 is 0. The zero-order chi connectivity index (χ0) is 19.7. The number of hydrogen-bond donors (Lipinski definition) is 1. The number of likely N-dealkylation sites (tertiary alicyclic amines) is 1. The van der Waals surface area contributed by atoms with Crippen molar-refractivity contribution in [3.05, 3.63) is 70.3 Å². The fourth-order valence-electron chi connectivity index (χ4n) is 5.05. The van der Waals surface area contributed by atoms with E-state index in [4.69, 9.17) is 4.74 Å². The lowest BCUT2D eigenvalue weighted by Gasteiger charge is -2.37. The highest BCUT2D eigenvalue weighted by molar-refractivity contribution is 5.66.